The van der Waals surface area contributed by atoms with Crippen LogP contribution in [0, 0.1) is 0 Å². The van der Waals surface area contributed by atoms with Gasteiger partial charge in [0, 0.05) is 13.1 Å². The molecule has 3 rings (SSSR count). The number of hydrogen-bond donors (Lipinski definition) is 2. The third-order valence-electron chi connectivity index (χ3n) is 4.97. The zero-order chi connectivity index (χ0) is 22.1. The number of benzene rings is 2. The van der Waals surface area contributed by atoms with Crippen LogP contribution in [0.1, 0.15) is 40.7 Å². The molecule has 162 valence electrons. The van der Waals surface area contributed by atoms with Gasteiger partial charge in [-0.2, -0.15) is 0 Å². The Morgan fingerprint density at radius 1 is 1.06 bits per heavy atom. The van der Waals surface area contributed by atoms with Gasteiger partial charge in [0.05, 0.1) is 0 Å². The standard InChI is InChI=1S/C24H27ClN4OS/c1-17(19-13-7-4-8-14-19)16-27-22-20(21(25)28-24(29-22)31-2)23(30)26-15-9-12-18-10-5-3-6-11-18/h3-8,10-11,13-14,17H,9,12,15-16H2,1-2H3,(H,26,30)(H,27,28,29). The Hall–Kier alpha value is -2.57. The number of aromatic nitrogens is 2. The second-order valence-corrected chi connectivity index (χ2v) is 8.39. The monoisotopic (exact) mass is 454 g/mol. The molecule has 1 unspecified atom stereocenters. The van der Waals surface area contributed by atoms with Crippen LogP contribution in [0.3, 0.4) is 0 Å². The van der Waals surface area contributed by atoms with Crippen molar-refractivity contribution in [3.63, 3.8) is 0 Å². The highest BCUT2D eigenvalue weighted by Crippen LogP contribution is 2.25. The number of hydrogen-bond acceptors (Lipinski definition) is 5. The van der Waals surface area contributed by atoms with Gasteiger partial charge < -0.3 is 10.6 Å². The van der Waals surface area contributed by atoms with E-state index in [1.807, 2.05) is 42.7 Å². The molecule has 1 heterocycles. The molecular formula is C24H27ClN4OS. The first-order valence-corrected chi connectivity index (χ1v) is 11.9. The molecule has 2 N–H and O–H groups in total. The number of nitrogens with one attached hydrogen (secondary N) is 2. The van der Waals surface area contributed by atoms with E-state index in [0.29, 0.717) is 29.6 Å². The van der Waals surface area contributed by atoms with Crippen LogP contribution < -0.4 is 10.6 Å². The Bertz CT molecular complexity index is 986. The first-order chi connectivity index (χ1) is 15.1. The molecule has 1 aromatic heterocycles. The second kappa shape index (κ2) is 11.7. The van der Waals surface area contributed by atoms with E-state index in [9.17, 15) is 4.79 Å². The lowest BCUT2D eigenvalue weighted by atomic mass is 10.0. The molecule has 5 nitrogen and oxygen atoms in total. The molecule has 0 aliphatic rings. The lowest BCUT2D eigenvalue weighted by molar-refractivity contribution is 0.0953. The quantitative estimate of drug-likeness (QED) is 0.185. The minimum absolute atomic E-state index is 0.162. The van der Waals surface area contributed by atoms with Crippen molar-refractivity contribution in [2.24, 2.45) is 0 Å². The highest BCUT2D eigenvalue weighted by molar-refractivity contribution is 7.98. The highest BCUT2D eigenvalue weighted by atomic mass is 35.5. The number of carbonyl (C=O) groups excluding carboxylic acids is 1. The first-order valence-electron chi connectivity index (χ1n) is 10.3. The number of halogens is 1. The molecule has 31 heavy (non-hydrogen) atoms. The van der Waals surface area contributed by atoms with Gasteiger partial charge in [-0.25, -0.2) is 9.97 Å². The largest absolute Gasteiger partial charge is 0.369 e. The Labute approximate surface area is 193 Å². The van der Waals surface area contributed by atoms with Crippen LogP contribution in [0.15, 0.2) is 65.8 Å². The average Bonchev–Trinajstić information content (AvgIpc) is 2.81. The maximum atomic E-state index is 12.9. The normalized spacial score (nSPS) is 11.7. The summed E-state index contributed by atoms with van der Waals surface area (Å²) in [5.41, 5.74) is 2.76. The first kappa shape index (κ1) is 23.1. The van der Waals surface area contributed by atoms with Crippen LogP contribution in [-0.2, 0) is 6.42 Å². The fourth-order valence-corrected chi connectivity index (χ4v) is 3.88. The predicted molar refractivity (Wildman–Crippen MR) is 129 cm³/mol. The van der Waals surface area contributed by atoms with Crippen LogP contribution in [0.4, 0.5) is 5.82 Å². The molecule has 2 aromatic carbocycles. The smallest absolute Gasteiger partial charge is 0.258 e. The highest BCUT2D eigenvalue weighted by Gasteiger charge is 2.20. The van der Waals surface area contributed by atoms with Crippen molar-refractivity contribution in [2.45, 2.75) is 30.8 Å². The van der Waals surface area contributed by atoms with E-state index >= 15 is 0 Å². The summed E-state index contributed by atoms with van der Waals surface area (Å²) in [4.78, 5) is 21.7. The molecular weight excluding hydrogens is 428 g/mol. The molecule has 0 radical (unpaired) electrons. The molecule has 0 aliphatic heterocycles. The van der Waals surface area contributed by atoms with Gasteiger partial charge in [0.25, 0.3) is 5.91 Å². The number of rotatable bonds is 10. The van der Waals surface area contributed by atoms with Gasteiger partial charge in [0.15, 0.2) is 5.16 Å². The van der Waals surface area contributed by atoms with Crippen LogP contribution in [-0.4, -0.2) is 35.2 Å². The van der Waals surface area contributed by atoms with Gasteiger partial charge >= 0.3 is 0 Å². The van der Waals surface area contributed by atoms with E-state index in [4.69, 9.17) is 11.6 Å². The van der Waals surface area contributed by atoms with Crippen molar-refractivity contribution in [3.05, 3.63) is 82.5 Å². The number of aryl methyl sites for hydroxylation is 1. The average molecular weight is 455 g/mol. The Morgan fingerprint density at radius 3 is 2.42 bits per heavy atom. The molecule has 0 spiro atoms. The molecule has 7 heteroatoms. The number of carbonyl (C=O) groups is 1. The van der Waals surface area contributed by atoms with Crippen molar-refractivity contribution in [3.8, 4) is 0 Å². The van der Waals surface area contributed by atoms with E-state index in [0.717, 1.165) is 12.8 Å². The van der Waals surface area contributed by atoms with Crippen LogP contribution >= 0.6 is 23.4 Å². The molecule has 0 bridgehead atoms. The fourth-order valence-electron chi connectivity index (χ4n) is 3.21. The SMILES string of the molecule is CSc1nc(Cl)c(C(=O)NCCCc2ccccc2)c(NCC(C)c2ccccc2)n1. The van der Waals surface area contributed by atoms with Crippen LogP contribution in [0.25, 0.3) is 0 Å². The van der Waals surface area contributed by atoms with Crippen molar-refractivity contribution in [2.75, 3.05) is 24.7 Å². The molecule has 0 saturated heterocycles. The van der Waals surface area contributed by atoms with Crippen molar-refractivity contribution in [1.29, 1.82) is 0 Å². The summed E-state index contributed by atoms with van der Waals surface area (Å²) >= 11 is 7.77. The Kier molecular flexibility index (Phi) is 8.74. The summed E-state index contributed by atoms with van der Waals surface area (Å²) in [6.45, 7) is 3.30. The molecule has 0 saturated carbocycles. The summed E-state index contributed by atoms with van der Waals surface area (Å²) in [6, 6.07) is 20.4. The minimum Gasteiger partial charge on any atom is -0.369 e. The Morgan fingerprint density at radius 2 is 1.74 bits per heavy atom. The van der Waals surface area contributed by atoms with Gasteiger partial charge in [-0.15, -0.1) is 0 Å². The van der Waals surface area contributed by atoms with Gasteiger partial charge in [0.1, 0.15) is 16.5 Å². The van der Waals surface area contributed by atoms with Gasteiger partial charge in [-0.3, -0.25) is 4.79 Å². The number of amides is 1. The zero-order valence-corrected chi connectivity index (χ0v) is 19.3. The summed E-state index contributed by atoms with van der Waals surface area (Å²) in [5.74, 6) is 0.447. The van der Waals surface area contributed by atoms with Gasteiger partial charge in [-0.1, -0.05) is 91.0 Å². The molecule has 0 aliphatic carbocycles. The van der Waals surface area contributed by atoms with Crippen LogP contribution in [0.5, 0.6) is 0 Å². The van der Waals surface area contributed by atoms with E-state index in [1.165, 1.54) is 22.9 Å². The van der Waals surface area contributed by atoms with E-state index in [-0.39, 0.29) is 17.0 Å². The van der Waals surface area contributed by atoms with E-state index in [1.54, 1.807) is 0 Å². The minimum atomic E-state index is -0.263. The maximum absolute atomic E-state index is 12.9. The summed E-state index contributed by atoms with van der Waals surface area (Å²) in [7, 11) is 0. The molecule has 1 amide bonds. The summed E-state index contributed by atoms with van der Waals surface area (Å²) < 4.78 is 0. The Balaban J connectivity index is 1.66. The van der Waals surface area contributed by atoms with Gasteiger partial charge in [-0.05, 0) is 36.1 Å². The number of nitrogens with zero attached hydrogens (tertiary/aromatic N) is 2. The molecule has 1 atom stereocenters. The lowest BCUT2D eigenvalue weighted by Crippen LogP contribution is -2.27. The maximum Gasteiger partial charge on any atom is 0.258 e. The lowest BCUT2D eigenvalue weighted by Gasteiger charge is -2.17. The van der Waals surface area contributed by atoms with Crippen LogP contribution in [0.2, 0.25) is 5.15 Å². The van der Waals surface area contributed by atoms with Crippen molar-refractivity contribution >= 4 is 35.1 Å². The van der Waals surface area contributed by atoms with Crippen molar-refractivity contribution in [1.82, 2.24) is 15.3 Å². The van der Waals surface area contributed by atoms with E-state index < -0.39 is 0 Å². The summed E-state index contributed by atoms with van der Waals surface area (Å²) in [5, 5.41) is 6.96. The fraction of sp³-hybridized carbons (Fsp3) is 0.292. The molecule has 3 aromatic rings. The topological polar surface area (TPSA) is 66.9 Å². The van der Waals surface area contributed by atoms with Gasteiger partial charge in [0.2, 0.25) is 0 Å². The number of thioether (sulfide) groups is 1. The second-order valence-electron chi connectivity index (χ2n) is 7.26. The third kappa shape index (κ3) is 6.71. The van der Waals surface area contributed by atoms with E-state index in [2.05, 4.69) is 51.8 Å². The molecule has 0 fully saturated rings. The number of anilines is 1. The zero-order valence-electron chi connectivity index (χ0n) is 17.8. The third-order valence-corrected chi connectivity index (χ3v) is 5.79. The predicted octanol–water partition coefficient (Wildman–Crippen LogP) is 5.43. The van der Waals surface area contributed by atoms with Crippen molar-refractivity contribution < 1.29 is 4.79 Å². The summed E-state index contributed by atoms with van der Waals surface area (Å²) in [6.07, 6.45) is 3.62.